The topological polar surface area (TPSA) is 49.3 Å². The van der Waals surface area contributed by atoms with Gasteiger partial charge in [0.15, 0.2) is 0 Å². The Morgan fingerprint density at radius 1 is 1.15 bits per heavy atom. The quantitative estimate of drug-likeness (QED) is 0.837. The van der Waals surface area contributed by atoms with E-state index in [1.54, 1.807) is 30.3 Å². The summed E-state index contributed by atoms with van der Waals surface area (Å²) in [5, 5.41) is 13.0. The van der Waals surface area contributed by atoms with Crippen LogP contribution in [0, 0.1) is 6.92 Å². The maximum atomic E-state index is 11.1. The molecule has 20 heavy (non-hydrogen) atoms. The van der Waals surface area contributed by atoms with Crippen molar-refractivity contribution in [3.8, 4) is 0 Å². The summed E-state index contributed by atoms with van der Waals surface area (Å²) >= 11 is 12.3. The number of benzene rings is 2. The number of hydrogen-bond acceptors (Lipinski definition) is 2. The molecule has 0 aliphatic carbocycles. The predicted octanol–water partition coefficient (Wildman–Crippen LogP) is 4.10. The molecule has 2 aromatic carbocycles. The number of carboxylic acids is 1. The fourth-order valence-corrected chi connectivity index (χ4v) is 2.15. The van der Waals surface area contributed by atoms with E-state index < -0.39 is 5.97 Å². The summed E-state index contributed by atoms with van der Waals surface area (Å²) in [5.41, 5.74) is 1.99. The minimum atomic E-state index is -1.01. The van der Waals surface area contributed by atoms with Crippen molar-refractivity contribution >= 4 is 70.1 Å². The Bertz CT molecular complexity index is 647. The molecule has 2 rings (SSSR count). The van der Waals surface area contributed by atoms with Crippen molar-refractivity contribution in [3.05, 3.63) is 57.6 Å². The van der Waals surface area contributed by atoms with Gasteiger partial charge in [0.05, 0.1) is 27.0 Å². The van der Waals surface area contributed by atoms with Crippen molar-refractivity contribution in [3.63, 3.8) is 0 Å². The molecule has 0 aromatic heterocycles. The van der Waals surface area contributed by atoms with Crippen molar-refractivity contribution in [1.29, 1.82) is 0 Å². The van der Waals surface area contributed by atoms with Gasteiger partial charge in [-0.2, -0.15) is 0 Å². The van der Waals surface area contributed by atoms with Crippen LogP contribution < -0.4 is 5.32 Å². The van der Waals surface area contributed by atoms with Crippen LogP contribution >= 0.6 is 23.2 Å². The van der Waals surface area contributed by atoms with Crippen LogP contribution in [0.3, 0.4) is 0 Å². The number of para-hydroxylation sites is 1. The average molecular weight is 320 g/mol. The Balaban J connectivity index is 0.00000200. The van der Waals surface area contributed by atoms with Crippen LogP contribution in [-0.4, -0.2) is 40.6 Å². The summed E-state index contributed by atoms with van der Waals surface area (Å²) in [5.74, 6) is -1.01. The Morgan fingerprint density at radius 3 is 2.45 bits per heavy atom. The van der Waals surface area contributed by atoms with Crippen molar-refractivity contribution in [1.82, 2.24) is 0 Å². The van der Waals surface area contributed by atoms with Gasteiger partial charge in [-0.3, -0.25) is 0 Å². The summed E-state index contributed by atoms with van der Waals surface area (Å²) in [7, 11) is 0. The van der Waals surface area contributed by atoms with Crippen molar-refractivity contribution in [2.24, 2.45) is 0 Å². The number of anilines is 2. The van der Waals surface area contributed by atoms with E-state index in [4.69, 9.17) is 28.3 Å². The third kappa shape index (κ3) is 3.68. The Hall–Kier alpha value is -0.710. The van der Waals surface area contributed by atoms with Crippen LogP contribution in [0.5, 0.6) is 0 Å². The fraction of sp³-hybridized carbons (Fsp3) is 0.0714. The van der Waals surface area contributed by atoms with E-state index in [9.17, 15) is 4.79 Å². The molecule has 0 radical (unpaired) electrons. The van der Waals surface area contributed by atoms with Crippen molar-refractivity contribution in [2.45, 2.75) is 6.92 Å². The monoisotopic (exact) mass is 319 g/mol. The zero-order valence-electron chi connectivity index (χ0n) is 10.1. The first-order valence-corrected chi connectivity index (χ1v) is 6.30. The molecule has 0 aliphatic rings. The van der Waals surface area contributed by atoms with Crippen LogP contribution in [0.2, 0.25) is 10.0 Å². The van der Waals surface area contributed by atoms with E-state index in [-0.39, 0.29) is 35.1 Å². The van der Waals surface area contributed by atoms with Gasteiger partial charge in [-0.05, 0) is 30.7 Å². The van der Waals surface area contributed by atoms with Gasteiger partial charge in [0.25, 0.3) is 0 Å². The molecule has 0 spiro atoms. The second kappa shape index (κ2) is 7.34. The summed E-state index contributed by atoms with van der Waals surface area (Å²) in [4.78, 5) is 11.1. The standard InChI is InChI=1S/C14H11Cl2NO2.Na.H/c1-8-6-7-10(15)13(12(8)16)17-11-5-3-2-4-9(11)14(18)19;;/h2-7,17H,1H3,(H,18,19);;. The molecule has 3 nitrogen and oxygen atoms in total. The molecular weight excluding hydrogens is 308 g/mol. The number of aryl methyl sites for hydroxylation is 1. The normalized spacial score (nSPS) is 9.75. The van der Waals surface area contributed by atoms with E-state index in [1.165, 1.54) is 6.07 Å². The zero-order valence-corrected chi connectivity index (χ0v) is 11.6. The van der Waals surface area contributed by atoms with E-state index in [2.05, 4.69) is 5.32 Å². The van der Waals surface area contributed by atoms with Gasteiger partial charge >= 0.3 is 35.5 Å². The van der Waals surface area contributed by atoms with Crippen molar-refractivity contribution in [2.75, 3.05) is 5.32 Å². The van der Waals surface area contributed by atoms with Gasteiger partial charge in [0.2, 0.25) is 0 Å². The van der Waals surface area contributed by atoms with Crippen LogP contribution in [0.4, 0.5) is 11.4 Å². The number of nitrogens with one attached hydrogen (secondary N) is 1. The van der Waals surface area contributed by atoms with Crippen LogP contribution in [0.25, 0.3) is 0 Å². The Kier molecular flexibility index (Phi) is 6.37. The molecule has 100 valence electrons. The number of rotatable bonds is 3. The van der Waals surface area contributed by atoms with Gasteiger partial charge < -0.3 is 10.4 Å². The van der Waals surface area contributed by atoms with Crippen LogP contribution in [0.15, 0.2) is 36.4 Å². The first-order valence-electron chi connectivity index (χ1n) is 5.54. The molecule has 0 heterocycles. The molecule has 0 saturated carbocycles. The molecule has 2 aromatic rings. The number of aromatic carboxylic acids is 1. The van der Waals surface area contributed by atoms with Crippen LogP contribution in [0.1, 0.15) is 15.9 Å². The number of carbonyl (C=O) groups is 1. The molecule has 0 atom stereocenters. The summed E-state index contributed by atoms with van der Waals surface area (Å²) in [6.07, 6.45) is 0. The Labute approximate surface area is 149 Å². The average Bonchev–Trinajstić information content (AvgIpc) is 2.39. The summed E-state index contributed by atoms with van der Waals surface area (Å²) < 4.78 is 0. The van der Waals surface area contributed by atoms with Gasteiger partial charge in [-0.25, -0.2) is 4.79 Å². The second-order valence-electron chi connectivity index (χ2n) is 4.03. The number of carboxylic acid groups (broad SMARTS) is 1. The van der Waals surface area contributed by atoms with Gasteiger partial charge in [0.1, 0.15) is 0 Å². The summed E-state index contributed by atoms with van der Waals surface area (Å²) in [6, 6.07) is 10.1. The molecule has 0 bridgehead atoms. The maximum absolute atomic E-state index is 11.1. The molecular formula is C14H12Cl2NNaO2. The Morgan fingerprint density at radius 2 is 1.80 bits per heavy atom. The van der Waals surface area contributed by atoms with E-state index in [0.717, 1.165) is 5.56 Å². The SMILES string of the molecule is Cc1ccc(Cl)c(Nc2ccccc2C(=O)O)c1Cl.[NaH]. The van der Waals surface area contributed by atoms with Gasteiger partial charge in [-0.15, -0.1) is 0 Å². The van der Waals surface area contributed by atoms with Crippen LogP contribution in [-0.2, 0) is 0 Å². The second-order valence-corrected chi connectivity index (χ2v) is 4.81. The fourth-order valence-electron chi connectivity index (χ4n) is 1.68. The minimum absolute atomic E-state index is 0. The zero-order chi connectivity index (χ0) is 14.0. The molecule has 2 N–H and O–H groups in total. The molecule has 0 unspecified atom stereocenters. The van der Waals surface area contributed by atoms with Gasteiger partial charge in [0, 0.05) is 0 Å². The third-order valence-electron chi connectivity index (χ3n) is 2.70. The summed E-state index contributed by atoms with van der Waals surface area (Å²) in [6.45, 7) is 1.85. The number of hydrogen-bond donors (Lipinski definition) is 2. The van der Waals surface area contributed by atoms with Crippen molar-refractivity contribution < 1.29 is 9.90 Å². The first-order chi connectivity index (χ1) is 9.00. The van der Waals surface area contributed by atoms with Gasteiger partial charge in [-0.1, -0.05) is 41.4 Å². The number of halogens is 2. The molecule has 6 heteroatoms. The molecule has 0 fully saturated rings. The first kappa shape index (κ1) is 17.3. The predicted molar refractivity (Wildman–Crippen MR) is 85.0 cm³/mol. The molecule has 0 saturated heterocycles. The van der Waals surface area contributed by atoms with E-state index in [0.29, 0.717) is 21.4 Å². The molecule has 0 amide bonds. The third-order valence-corrected chi connectivity index (χ3v) is 3.50. The molecule has 0 aliphatic heterocycles. The van der Waals surface area contributed by atoms with E-state index >= 15 is 0 Å². The van der Waals surface area contributed by atoms with E-state index in [1.807, 2.05) is 6.92 Å².